The van der Waals surface area contributed by atoms with E-state index in [-0.39, 0.29) is 5.91 Å². The molecule has 1 amide bonds. The molecule has 2 aromatic rings. The van der Waals surface area contributed by atoms with Gasteiger partial charge in [0.15, 0.2) is 0 Å². The molecule has 0 aliphatic rings. The molecule has 0 aromatic heterocycles. The predicted molar refractivity (Wildman–Crippen MR) is 98.7 cm³/mol. The first-order chi connectivity index (χ1) is 11.6. The number of nitrogens with zero attached hydrogens (tertiary/aromatic N) is 2. The van der Waals surface area contributed by atoms with Crippen molar-refractivity contribution in [1.29, 1.82) is 5.26 Å². The van der Waals surface area contributed by atoms with E-state index in [1.165, 1.54) is 17.3 Å². The summed E-state index contributed by atoms with van der Waals surface area (Å²) in [5, 5.41) is 8.85. The maximum Gasteiger partial charge on any atom is 0.233 e. The van der Waals surface area contributed by atoms with Crippen LogP contribution < -0.4 is 0 Å². The van der Waals surface area contributed by atoms with Gasteiger partial charge < -0.3 is 4.90 Å². The van der Waals surface area contributed by atoms with Crippen molar-refractivity contribution in [3.8, 4) is 6.07 Å². The molecule has 3 nitrogen and oxygen atoms in total. The van der Waals surface area contributed by atoms with Crippen LogP contribution in [0.4, 0.5) is 0 Å². The predicted octanol–water partition coefficient (Wildman–Crippen LogP) is 4.17. The van der Waals surface area contributed by atoms with Crippen molar-refractivity contribution in [2.75, 3.05) is 12.3 Å². The maximum absolute atomic E-state index is 12.5. The number of benzene rings is 2. The van der Waals surface area contributed by atoms with E-state index in [9.17, 15) is 4.79 Å². The van der Waals surface area contributed by atoms with Gasteiger partial charge in [0, 0.05) is 18.0 Å². The molecule has 4 heteroatoms. The molecule has 2 aromatic carbocycles. The number of amides is 1. The fraction of sp³-hybridized carbons (Fsp3) is 0.200. The number of rotatable bonds is 7. The first kappa shape index (κ1) is 17.8. The van der Waals surface area contributed by atoms with Crippen LogP contribution >= 0.6 is 11.8 Å². The Morgan fingerprint density at radius 1 is 1.21 bits per heavy atom. The lowest BCUT2D eigenvalue weighted by molar-refractivity contribution is -0.128. The summed E-state index contributed by atoms with van der Waals surface area (Å²) in [6.07, 6.45) is 1.73. The van der Waals surface area contributed by atoms with E-state index in [1.807, 2.05) is 43.3 Å². The van der Waals surface area contributed by atoms with E-state index in [0.717, 1.165) is 10.5 Å². The fourth-order valence-corrected chi connectivity index (χ4v) is 2.99. The normalized spacial score (nSPS) is 10.0. The minimum absolute atomic E-state index is 0.0739. The van der Waals surface area contributed by atoms with Crippen LogP contribution in [0.25, 0.3) is 0 Å². The minimum atomic E-state index is 0.0739. The van der Waals surface area contributed by atoms with Crippen molar-refractivity contribution in [3.05, 3.63) is 77.9 Å². The Labute approximate surface area is 147 Å². The third-order valence-electron chi connectivity index (χ3n) is 3.54. The minimum Gasteiger partial charge on any atom is -0.334 e. The van der Waals surface area contributed by atoms with Crippen molar-refractivity contribution >= 4 is 17.7 Å². The molecule has 0 aliphatic heterocycles. The lowest BCUT2D eigenvalue weighted by Gasteiger charge is -2.21. The van der Waals surface area contributed by atoms with Gasteiger partial charge in [-0.2, -0.15) is 5.26 Å². The lowest BCUT2D eigenvalue weighted by Crippen LogP contribution is -2.32. The number of carbonyl (C=O) groups is 1. The molecule has 0 heterocycles. The number of aryl methyl sites for hydroxylation is 1. The fourth-order valence-electron chi connectivity index (χ4n) is 2.19. The van der Waals surface area contributed by atoms with Gasteiger partial charge in [-0.15, -0.1) is 18.3 Å². The molecule has 0 atom stereocenters. The Morgan fingerprint density at radius 2 is 1.88 bits per heavy atom. The third-order valence-corrected chi connectivity index (χ3v) is 4.54. The quantitative estimate of drug-likeness (QED) is 0.563. The smallest absolute Gasteiger partial charge is 0.233 e. The van der Waals surface area contributed by atoms with Crippen molar-refractivity contribution in [2.45, 2.75) is 18.4 Å². The zero-order valence-electron chi connectivity index (χ0n) is 13.7. The van der Waals surface area contributed by atoms with E-state index < -0.39 is 0 Å². The molecule has 2 rings (SSSR count). The number of carbonyl (C=O) groups excluding carboxylic acids is 1. The van der Waals surface area contributed by atoms with Gasteiger partial charge >= 0.3 is 0 Å². The van der Waals surface area contributed by atoms with Crippen LogP contribution in [0.15, 0.2) is 66.1 Å². The second kappa shape index (κ2) is 8.95. The van der Waals surface area contributed by atoms with E-state index in [1.54, 1.807) is 23.1 Å². The van der Waals surface area contributed by atoms with Crippen LogP contribution in [0.1, 0.15) is 16.7 Å². The molecule has 0 saturated heterocycles. The van der Waals surface area contributed by atoms with Gasteiger partial charge in [-0.25, -0.2) is 0 Å². The highest BCUT2D eigenvalue weighted by molar-refractivity contribution is 8.00. The van der Waals surface area contributed by atoms with E-state index in [0.29, 0.717) is 24.4 Å². The Hall–Kier alpha value is -2.51. The molecule has 0 radical (unpaired) electrons. The first-order valence-corrected chi connectivity index (χ1v) is 8.68. The van der Waals surface area contributed by atoms with Gasteiger partial charge in [0.2, 0.25) is 5.91 Å². The zero-order chi connectivity index (χ0) is 17.4. The van der Waals surface area contributed by atoms with Crippen LogP contribution in [0, 0.1) is 18.3 Å². The van der Waals surface area contributed by atoms with Gasteiger partial charge in [-0.3, -0.25) is 4.79 Å². The average molecular weight is 336 g/mol. The molecule has 0 N–H and O–H groups in total. The number of nitriles is 1. The summed E-state index contributed by atoms with van der Waals surface area (Å²) in [4.78, 5) is 15.4. The highest BCUT2D eigenvalue weighted by atomic mass is 32.2. The second-order valence-electron chi connectivity index (χ2n) is 5.47. The molecule has 0 saturated carbocycles. The van der Waals surface area contributed by atoms with Crippen molar-refractivity contribution in [3.63, 3.8) is 0 Å². The molecule has 0 aliphatic carbocycles. The van der Waals surface area contributed by atoms with Crippen molar-refractivity contribution in [1.82, 2.24) is 4.90 Å². The maximum atomic E-state index is 12.5. The van der Waals surface area contributed by atoms with Gasteiger partial charge in [0.05, 0.1) is 17.4 Å². The van der Waals surface area contributed by atoms with E-state index >= 15 is 0 Å². The number of hydrogen-bond donors (Lipinski definition) is 0. The molecule has 0 unspecified atom stereocenters. The topological polar surface area (TPSA) is 44.1 Å². The average Bonchev–Trinajstić information content (AvgIpc) is 2.61. The van der Waals surface area contributed by atoms with Crippen LogP contribution in [-0.4, -0.2) is 23.1 Å². The van der Waals surface area contributed by atoms with Gasteiger partial charge in [0.25, 0.3) is 0 Å². The standard InChI is InChI=1S/C20H20N2OS/c1-3-12-22(14-18-8-6-17(13-21)7-9-18)20(23)15-24-19-10-4-16(2)5-11-19/h3-11H,1,12,14-15H2,2H3. The van der Waals surface area contributed by atoms with Crippen LogP contribution in [-0.2, 0) is 11.3 Å². The molecule has 0 bridgehead atoms. The number of thioether (sulfide) groups is 1. The third kappa shape index (κ3) is 5.29. The molecule has 122 valence electrons. The largest absolute Gasteiger partial charge is 0.334 e. The summed E-state index contributed by atoms with van der Waals surface area (Å²) in [5.41, 5.74) is 2.83. The monoisotopic (exact) mass is 336 g/mol. The Kier molecular flexibility index (Phi) is 6.65. The highest BCUT2D eigenvalue weighted by Gasteiger charge is 2.13. The summed E-state index contributed by atoms with van der Waals surface area (Å²) < 4.78 is 0. The van der Waals surface area contributed by atoms with Crippen LogP contribution in [0.2, 0.25) is 0 Å². The number of hydrogen-bond acceptors (Lipinski definition) is 3. The molecular weight excluding hydrogens is 316 g/mol. The zero-order valence-corrected chi connectivity index (χ0v) is 14.6. The van der Waals surface area contributed by atoms with Crippen molar-refractivity contribution in [2.24, 2.45) is 0 Å². The molecule has 24 heavy (non-hydrogen) atoms. The summed E-state index contributed by atoms with van der Waals surface area (Å²) in [5.74, 6) is 0.470. The van der Waals surface area contributed by atoms with Gasteiger partial charge in [-0.05, 0) is 36.8 Å². The summed E-state index contributed by atoms with van der Waals surface area (Å²) >= 11 is 1.54. The Bertz CT molecular complexity index is 730. The van der Waals surface area contributed by atoms with Crippen molar-refractivity contribution < 1.29 is 4.79 Å². The highest BCUT2D eigenvalue weighted by Crippen LogP contribution is 2.19. The molecular formula is C20H20N2OS. The SMILES string of the molecule is C=CCN(Cc1ccc(C#N)cc1)C(=O)CSc1ccc(C)cc1. The summed E-state index contributed by atoms with van der Waals surface area (Å²) in [7, 11) is 0. The van der Waals surface area contributed by atoms with Crippen LogP contribution in [0.3, 0.4) is 0 Å². The van der Waals surface area contributed by atoms with E-state index in [2.05, 4.69) is 12.6 Å². The first-order valence-electron chi connectivity index (χ1n) is 7.69. The Morgan fingerprint density at radius 3 is 2.46 bits per heavy atom. The lowest BCUT2D eigenvalue weighted by atomic mass is 10.1. The van der Waals surface area contributed by atoms with Gasteiger partial charge in [-0.1, -0.05) is 35.9 Å². The van der Waals surface area contributed by atoms with Crippen LogP contribution in [0.5, 0.6) is 0 Å². The second-order valence-corrected chi connectivity index (χ2v) is 6.52. The van der Waals surface area contributed by atoms with E-state index in [4.69, 9.17) is 5.26 Å². The Balaban J connectivity index is 1.97. The molecule has 0 fully saturated rings. The summed E-state index contributed by atoms with van der Waals surface area (Å²) in [6, 6.07) is 17.6. The summed E-state index contributed by atoms with van der Waals surface area (Å²) in [6.45, 7) is 6.81. The molecule has 0 spiro atoms. The van der Waals surface area contributed by atoms with Gasteiger partial charge in [0.1, 0.15) is 0 Å².